The molecule has 1 amide bonds. The largest absolute Gasteiger partial charge is 0.496 e. The number of nitrogens with zero attached hydrogens (tertiary/aromatic N) is 2. The maximum atomic E-state index is 12.4. The highest BCUT2D eigenvalue weighted by Crippen LogP contribution is 2.26. The van der Waals surface area contributed by atoms with Gasteiger partial charge >= 0.3 is 0 Å². The number of hydrazone groups is 1. The fourth-order valence-electron chi connectivity index (χ4n) is 3.15. The lowest BCUT2D eigenvalue weighted by molar-refractivity contribution is 0.0954. The van der Waals surface area contributed by atoms with Crippen molar-refractivity contribution < 1.29 is 9.53 Å². The number of ether oxygens (including phenoxy) is 1. The molecule has 0 saturated heterocycles. The van der Waals surface area contributed by atoms with E-state index in [1.165, 1.54) is 0 Å². The Labute approximate surface area is 188 Å². The van der Waals surface area contributed by atoms with E-state index in [-0.39, 0.29) is 5.91 Å². The van der Waals surface area contributed by atoms with Crippen molar-refractivity contribution in [2.75, 3.05) is 7.11 Å². The summed E-state index contributed by atoms with van der Waals surface area (Å²) in [6, 6.07) is 13.1. The molecule has 0 fully saturated rings. The fourth-order valence-corrected chi connectivity index (χ4v) is 3.88. The first kappa shape index (κ1) is 21.4. The number of benzene rings is 2. The quantitative estimate of drug-likeness (QED) is 0.276. The third-order valence-corrected chi connectivity index (χ3v) is 6.03. The average Bonchev–Trinajstić information content (AvgIpc) is 2.98. The number of hydrogen-bond donors (Lipinski definition) is 1. The second-order valence-electron chi connectivity index (χ2n) is 6.59. The third-order valence-electron chi connectivity index (χ3n) is 4.73. The molecule has 3 aromatic rings. The lowest BCUT2D eigenvalue weighted by Gasteiger charge is -2.13. The first-order valence-electron chi connectivity index (χ1n) is 8.95. The molecule has 150 valence electrons. The summed E-state index contributed by atoms with van der Waals surface area (Å²) in [7, 11) is 1.58. The Morgan fingerprint density at radius 3 is 2.69 bits per heavy atom. The summed E-state index contributed by atoms with van der Waals surface area (Å²) in [5, 5.41) is 4.87. The molecule has 0 aliphatic heterocycles. The molecule has 0 atom stereocenters. The van der Waals surface area contributed by atoms with Gasteiger partial charge in [-0.1, -0.05) is 17.7 Å². The van der Waals surface area contributed by atoms with E-state index in [4.69, 9.17) is 16.3 Å². The highest BCUT2D eigenvalue weighted by molar-refractivity contribution is 14.1. The fraction of sp³-hybridized carbons (Fsp3) is 0.182. The number of aromatic nitrogens is 1. The molecule has 2 aromatic carbocycles. The van der Waals surface area contributed by atoms with E-state index in [0.717, 1.165) is 36.8 Å². The normalized spacial score (nSPS) is 11.1. The number of hydrogen-bond acceptors (Lipinski definition) is 3. The second kappa shape index (κ2) is 9.00. The van der Waals surface area contributed by atoms with Crippen molar-refractivity contribution in [3.8, 4) is 11.4 Å². The average molecular weight is 522 g/mol. The standard InChI is InChI=1S/C22H21ClIN3O2/c1-13-10-17(15(3)27(13)20-7-5-6-18(23)14(20)2)12-25-26-22(28)16-8-9-19(24)21(11-16)29-4/h5-12H,1-4H3,(H,26,28)/b25-12-. The molecule has 5 nitrogen and oxygen atoms in total. The summed E-state index contributed by atoms with van der Waals surface area (Å²) in [5.41, 5.74) is 8.10. The van der Waals surface area contributed by atoms with Crippen molar-refractivity contribution in [2.24, 2.45) is 5.10 Å². The van der Waals surface area contributed by atoms with Crippen molar-refractivity contribution in [1.82, 2.24) is 9.99 Å². The highest BCUT2D eigenvalue weighted by Gasteiger charge is 2.13. The maximum Gasteiger partial charge on any atom is 0.271 e. The summed E-state index contributed by atoms with van der Waals surface area (Å²) in [6.07, 6.45) is 1.65. The summed E-state index contributed by atoms with van der Waals surface area (Å²) < 4.78 is 8.34. The molecule has 29 heavy (non-hydrogen) atoms. The minimum absolute atomic E-state index is 0.296. The zero-order valence-electron chi connectivity index (χ0n) is 16.6. The predicted octanol–water partition coefficient (Wildman–Crippen LogP) is 5.43. The molecule has 0 aliphatic carbocycles. The number of carbonyl (C=O) groups is 1. The van der Waals surface area contributed by atoms with Gasteiger partial charge in [-0.05, 0) is 85.3 Å². The summed E-state index contributed by atoms with van der Waals surface area (Å²) in [5.74, 6) is 0.359. The van der Waals surface area contributed by atoms with Gasteiger partial charge in [0.2, 0.25) is 0 Å². The van der Waals surface area contributed by atoms with Gasteiger partial charge in [-0.25, -0.2) is 5.43 Å². The van der Waals surface area contributed by atoms with E-state index in [2.05, 4.69) is 37.7 Å². The number of rotatable bonds is 5. The molecule has 3 rings (SSSR count). The molecule has 1 aromatic heterocycles. The Kier molecular flexibility index (Phi) is 6.64. The second-order valence-corrected chi connectivity index (χ2v) is 8.16. The Bertz CT molecular complexity index is 1110. The smallest absolute Gasteiger partial charge is 0.271 e. The number of nitrogens with one attached hydrogen (secondary N) is 1. The van der Waals surface area contributed by atoms with Gasteiger partial charge in [-0.2, -0.15) is 5.10 Å². The third kappa shape index (κ3) is 4.48. The SMILES string of the molecule is COc1cc(C(=O)N/N=C\c2cc(C)n(-c3cccc(Cl)c3C)c2C)ccc1I. The van der Waals surface area contributed by atoms with Gasteiger partial charge in [0.15, 0.2) is 0 Å². The van der Waals surface area contributed by atoms with Crippen LogP contribution in [0.4, 0.5) is 0 Å². The number of methoxy groups -OCH3 is 1. The van der Waals surface area contributed by atoms with Gasteiger partial charge < -0.3 is 9.30 Å². The van der Waals surface area contributed by atoms with Crippen LogP contribution >= 0.6 is 34.2 Å². The van der Waals surface area contributed by atoms with Crippen molar-refractivity contribution in [3.63, 3.8) is 0 Å². The van der Waals surface area contributed by atoms with Gasteiger partial charge in [-0.15, -0.1) is 0 Å². The number of carbonyl (C=O) groups excluding carboxylic acids is 1. The van der Waals surface area contributed by atoms with Crippen LogP contribution in [0.25, 0.3) is 5.69 Å². The van der Waals surface area contributed by atoms with Crippen LogP contribution in [0.5, 0.6) is 5.75 Å². The number of aryl methyl sites for hydroxylation is 1. The maximum absolute atomic E-state index is 12.4. The molecule has 0 bridgehead atoms. The monoisotopic (exact) mass is 521 g/mol. The van der Waals surface area contributed by atoms with E-state index in [0.29, 0.717) is 11.3 Å². The summed E-state index contributed by atoms with van der Waals surface area (Å²) in [6.45, 7) is 6.04. The molecule has 1 N–H and O–H groups in total. The Morgan fingerprint density at radius 1 is 1.21 bits per heavy atom. The Morgan fingerprint density at radius 2 is 1.97 bits per heavy atom. The lowest BCUT2D eigenvalue weighted by atomic mass is 10.2. The highest BCUT2D eigenvalue weighted by atomic mass is 127. The van der Waals surface area contributed by atoms with Gasteiger partial charge in [0.05, 0.1) is 16.9 Å². The number of halogens is 2. The lowest BCUT2D eigenvalue weighted by Crippen LogP contribution is -2.17. The molecule has 0 spiro atoms. The molecular weight excluding hydrogens is 501 g/mol. The van der Waals surface area contributed by atoms with Gasteiger partial charge in [0, 0.05) is 33.2 Å². The van der Waals surface area contributed by atoms with Crippen LogP contribution in [-0.4, -0.2) is 23.8 Å². The first-order valence-corrected chi connectivity index (χ1v) is 10.4. The molecule has 0 unspecified atom stereocenters. The zero-order chi connectivity index (χ0) is 21.1. The van der Waals surface area contributed by atoms with Crippen LogP contribution in [0.15, 0.2) is 47.6 Å². The Hall–Kier alpha value is -2.32. The zero-order valence-corrected chi connectivity index (χ0v) is 19.5. The molecular formula is C22H21ClIN3O2. The molecule has 0 aliphatic rings. The van der Waals surface area contributed by atoms with Crippen LogP contribution in [0, 0.1) is 24.3 Å². The van der Waals surface area contributed by atoms with Crippen LogP contribution in [0.1, 0.15) is 32.9 Å². The van der Waals surface area contributed by atoms with E-state index in [1.807, 2.05) is 51.1 Å². The molecule has 0 radical (unpaired) electrons. The molecule has 7 heteroatoms. The first-order chi connectivity index (χ1) is 13.8. The molecule has 0 saturated carbocycles. The van der Waals surface area contributed by atoms with E-state index in [1.54, 1.807) is 25.5 Å². The van der Waals surface area contributed by atoms with Crippen molar-refractivity contribution in [1.29, 1.82) is 0 Å². The minimum Gasteiger partial charge on any atom is -0.496 e. The van der Waals surface area contributed by atoms with Crippen LogP contribution in [0.3, 0.4) is 0 Å². The van der Waals surface area contributed by atoms with Gasteiger partial charge in [0.25, 0.3) is 5.91 Å². The van der Waals surface area contributed by atoms with Crippen molar-refractivity contribution in [3.05, 3.63) is 79.1 Å². The number of amides is 1. The Balaban J connectivity index is 1.82. The predicted molar refractivity (Wildman–Crippen MR) is 126 cm³/mol. The van der Waals surface area contributed by atoms with E-state index < -0.39 is 0 Å². The van der Waals surface area contributed by atoms with E-state index in [9.17, 15) is 4.79 Å². The van der Waals surface area contributed by atoms with Crippen LogP contribution < -0.4 is 10.2 Å². The van der Waals surface area contributed by atoms with Crippen molar-refractivity contribution >= 4 is 46.3 Å². The van der Waals surface area contributed by atoms with Crippen LogP contribution in [-0.2, 0) is 0 Å². The molecule has 1 heterocycles. The topological polar surface area (TPSA) is 55.6 Å². The summed E-state index contributed by atoms with van der Waals surface area (Å²) in [4.78, 5) is 12.4. The summed E-state index contributed by atoms with van der Waals surface area (Å²) >= 11 is 8.44. The minimum atomic E-state index is -0.296. The van der Waals surface area contributed by atoms with Crippen molar-refractivity contribution in [2.45, 2.75) is 20.8 Å². The van der Waals surface area contributed by atoms with Gasteiger partial charge in [0.1, 0.15) is 5.75 Å². The van der Waals surface area contributed by atoms with E-state index >= 15 is 0 Å². The van der Waals surface area contributed by atoms with Crippen LogP contribution in [0.2, 0.25) is 5.02 Å². The van der Waals surface area contributed by atoms with Gasteiger partial charge in [-0.3, -0.25) is 4.79 Å².